The summed E-state index contributed by atoms with van der Waals surface area (Å²) in [6.07, 6.45) is -0.517. The molecule has 2 aromatic carbocycles. The first kappa shape index (κ1) is 22.7. The molecule has 0 aliphatic rings. The van der Waals surface area contributed by atoms with Gasteiger partial charge >= 0.3 is 6.16 Å². The number of halogens is 1. The number of nitrogens with two attached hydrogens (primary N) is 1. The van der Waals surface area contributed by atoms with Crippen LogP contribution in [-0.2, 0) is 16.0 Å². The lowest BCUT2D eigenvalue weighted by molar-refractivity contribution is -0.119. The standard InChI is InChI=1S/C22H27ClN2O4/c1-14(2)13-28-22(27)29-17-10-15(3)18(19(23)11-17)12-20(24)21(26)25(4)16-8-6-5-7-9-16/h5-11,14,20H,12-13,24H2,1-4H3/t20-/m0/s1. The fourth-order valence-corrected chi connectivity index (χ4v) is 3.09. The molecule has 29 heavy (non-hydrogen) atoms. The molecule has 2 N–H and O–H groups in total. The van der Waals surface area contributed by atoms with E-state index in [0.29, 0.717) is 5.02 Å². The lowest BCUT2D eigenvalue weighted by Gasteiger charge is -2.22. The van der Waals surface area contributed by atoms with Crippen molar-refractivity contribution in [3.63, 3.8) is 0 Å². The highest BCUT2D eigenvalue weighted by Gasteiger charge is 2.22. The van der Waals surface area contributed by atoms with Gasteiger partial charge in [-0.3, -0.25) is 4.79 Å². The lowest BCUT2D eigenvalue weighted by atomic mass is 10.00. The van der Waals surface area contributed by atoms with Crippen LogP contribution in [0.25, 0.3) is 0 Å². The van der Waals surface area contributed by atoms with Crippen LogP contribution in [0.4, 0.5) is 10.5 Å². The smallest absolute Gasteiger partial charge is 0.434 e. The van der Waals surface area contributed by atoms with Gasteiger partial charge in [0.2, 0.25) is 5.91 Å². The predicted molar refractivity (Wildman–Crippen MR) is 115 cm³/mol. The van der Waals surface area contributed by atoms with E-state index in [9.17, 15) is 9.59 Å². The molecule has 0 saturated heterocycles. The van der Waals surface area contributed by atoms with Crippen LogP contribution in [-0.4, -0.2) is 31.8 Å². The maximum Gasteiger partial charge on any atom is 0.513 e. The molecular formula is C22H27ClN2O4. The van der Waals surface area contributed by atoms with Crippen molar-refractivity contribution in [1.29, 1.82) is 0 Å². The monoisotopic (exact) mass is 418 g/mol. The highest BCUT2D eigenvalue weighted by molar-refractivity contribution is 6.31. The maximum absolute atomic E-state index is 12.7. The van der Waals surface area contributed by atoms with E-state index in [1.165, 1.54) is 11.0 Å². The Kier molecular flexibility index (Phi) is 8.05. The van der Waals surface area contributed by atoms with Gasteiger partial charge in [0.15, 0.2) is 0 Å². The number of ether oxygens (including phenoxy) is 2. The van der Waals surface area contributed by atoms with Crippen molar-refractivity contribution < 1.29 is 19.1 Å². The van der Waals surface area contributed by atoms with Crippen LogP contribution in [0.2, 0.25) is 5.02 Å². The first-order chi connectivity index (χ1) is 13.7. The average molecular weight is 419 g/mol. The second-order valence-electron chi connectivity index (χ2n) is 7.30. The number of aryl methyl sites for hydroxylation is 1. The number of hydrogen-bond acceptors (Lipinski definition) is 5. The number of hydrogen-bond donors (Lipinski definition) is 1. The summed E-state index contributed by atoms with van der Waals surface area (Å²) in [6, 6.07) is 11.7. The van der Waals surface area contributed by atoms with Crippen LogP contribution in [0.5, 0.6) is 5.75 Å². The maximum atomic E-state index is 12.7. The summed E-state index contributed by atoms with van der Waals surface area (Å²) in [5, 5.41) is 0.377. The van der Waals surface area contributed by atoms with Gasteiger partial charge in [0, 0.05) is 17.8 Å². The second-order valence-corrected chi connectivity index (χ2v) is 7.71. The average Bonchev–Trinajstić information content (AvgIpc) is 2.68. The normalized spacial score (nSPS) is 11.8. The number of carbonyl (C=O) groups is 2. The molecule has 2 aromatic rings. The Labute approximate surface area is 176 Å². The van der Waals surface area contributed by atoms with Crippen molar-refractivity contribution in [2.24, 2.45) is 11.7 Å². The van der Waals surface area contributed by atoms with Gasteiger partial charge in [0.05, 0.1) is 12.6 Å². The van der Waals surface area contributed by atoms with Crippen LogP contribution >= 0.6 is 11.6 Å². The first-order valence-corrected chi connectivity index (χ1v) is 9.78. The van der Waals surface area contributed by atoms with Crippen LogP contribution in [0.3, 0.4) is 0 Å². The van der Waals surface area contributed by atoms with Gasteiger partial charge in [0.1, 0.15) is 5.75 Å². The molecule has 0 saturated carbocycles. The van der Waals surface area contributed by atoms with Crippen LogP contribution < -0.4 is 15.4 Å². The number of rotatable bonds is 7. The van der Waals surface area contributed by atoms with Crippen molar-refractivity contribution in [1.82, 2.24) is 0 Å². The van der Waals surface area contributed by atoms with Crippen LogP contribution in [0, 0.1) is 12.8 Å². The molecule has 0 heterocycles. The zero-order valence-corrected chi connectivity index (χ0v) is 17.9. The van der Waals surface area contributed by atoms with Gasteiger partial charge in [-0.15, -0.1) is 0 Å². The van der Waals surface area contributed by atoms with E-state index in [2.05, 4.69) is 0 Å². The number of anilines is 1. The van der Waals surface area contributed by atoms with E-state index >= 15 is 0 Å². The van der Waals surface area contributed by atoms with E-state index in [0.717, 1.165) is 16.8 Å². The quantitative estimate of drug-likeness (QED) is 0.533. The number of para-hydroxylation sites is 1. The molecule has 0 bridgehead atoms. The summed E-state index contributed by atoms with van der Waals surface area (Å²) >= 11 is 6.38. The molecule has 1 atom stereocenters. The molecular weight excluding hydrogens is 392 g/mol. The molecule has 0 aliphatic carbocycles. The van der Waals surface area contributed by atoms with E-state index in [4.69, 9.17) is 26.8 Å². The van der Waals surface area contributed by atoms with Gasteiger partial charge in [-0.25, -0.2) is 4.79 Å². The number of carbonyl (C=O) groups excluding carboxylic acids is 2. The summed E-state index contributed by atoms with van der Waals surface area (Å²) in [7, 11) is 1.69. The Bertz CT molecular complexity index is 832. The Hall–Kier alpha value is -2.57. The second kappa shape index (κ2) is 10.3. The molecule has 0 aliphatic heterocycles. The number of likely N-dealkylation sites (N-methyl/N-ethyl adjacent to an activating group) is 1. The van der Waals surface area contributed by atoms with Crippen LogP contribution in [0.15, 0.2) is 42.5 Å². The minimum atomic E-state index is -0.779. The summed E-state index contributed by atoms with van der Waals surface area (Å²) in [5.74, 6) is 0.277. The SMILES string of the molecule is Cc1cc(OC(=O)OCC(C)C)cc(Cl)c1C[C@H](N)C(=O)N(C)c1ccccc1. The summed E-state index contributed by atoms with van der Waals surface area (Å²) in [5.41, 5.74) is 8.43. The lowest BCUT2D eigenvalue weighted by Crippen LogP contribution is -2.43. The summed E-state index contributed by atoms with van der Waals surface area (Å²) < 4.78 is 10.2. The highest BCUT2D eigenvalue weighted by atomic mass is 35.5. The van der Waals surface area contributed by atoms with E-state index in [1.807, 2.05) is 51.1 Å². The molecule has 156 valence electrons. The fraction of sp³-hybridized carbons (Fsp3) is 0.364. The minimum absolute atomic E-state index is 0.211. The fourth-order valence-electron chi connectivity index (χ4n) is 2.76. The van der Waals surface area contributed by atoms with Gasteiger partial charge in [-0.2, -0.15) is 0 Å². The summed E-state index contributed by atoms with van der Waals surface area (Å²) in [6.45, 7) is 5.97. The number of nitrogens with zero attached hydrogens (tertiary/aromatic N) is 1. The van der Waals surface area contributed by atoms with Crippen molar-refractivity contribution in [2.75, 3.05) is 18.6 Å². The molecule has 0 radical (unpaired) electrons. The van der Waals surface area contributed by atoms with Gasteiger partial charge < -0.3 is 20.1 Å². The Morgan fingerprint density at radius 2 is 1.83 bits per heavy atom. The number of benzene rings is 2. The highest BCUT2D eigenvalue weighted by Crippen LogP contribution is 2.28. The molecule has 1 amide bonds. The third-order valence-corrected chi connectivity index (χ3v) is 4.68. The topological polar surface area (TPSA) is 81.9 Å². The Morgan fingerprint density at radius 3 is 2.41 bits per heavy atom. The summed E-state index contributed by atoms with van der Waals surface area (Å²) in [4.78, 5) is 25.9. The van der Waals surface area contributed by atoms with E-state index < -0.39 is 12.2 Å². The van der Waals surface area contributed by atoms with E-state index in [-0.39, 0.29) is 30.6 Å². The zero-order valence-electron chi connectivity index (χ0n) is 17.1. The molecule has 6 nitrogen and oxygen atoms in total. The molecule has 0 fully saturated rings. The van der Waals surface area contributed by atoms with Crippen molar-refractivity contribution in [2.45, 2.75) is 33.2 Å². The largest absolute Gasteiger partial charge is 0.513 e. The Morgan fingerprint density at radius 1 is 1.17 bits per heavy atom. The third-order valence-electron chi connectivity index (χ3n) is 4.34. The van der Waals surface area contributed by atoms with Gasteiger partial charge in [0.25, 0.3) is 0 Å². The molecule has 0 spiro atoms. The first-order valence-electron chi connectivity index (χ1n) is 9.40. The van der Waals surface area contributed by atoms with Crippen molar-refractivity contribution >= 4 is 29.4 Å². The molecule has 0 unspecified atom stereocenters. The Balaban J connectivity index is 2.07. The molecule has 0 aromatic heterocycles. The predicted octanol–water partition coefficient (Wildman–Crippen LogP) is 4.35. The zero-order chi connectivity index (χ0) is 21.6. The van der Waals surface area contributed by atoms with Gasteiger partial charge in [-0.1, -0.05) is 43.6 Å². The number of amides is 1. The van der Waals surface area contributed by atoms with Crippen LogP contribution in [0.1, 0.15) is 25.0 Å². The minimum Gasteiger partial charge on any atom is -0.434 e. The molecule has 7 heteroatoms. The molecule has 2 rings (SSSR count). The van der Waals surface area contributed by atoms with Crippen molar-refractivity contribution in [3.05, 3.63) is 58.6 Å². The van der Waals surface area contributed by atoms with Crippen molar-refractivity contribution in [3.8, 4) is 5.75 Å². The third kappa shape index (κ3) is 6.48. The van der Waals surface area contributed by atoms with Gasteiger partial charge in [-0.05, 0) is 54.7 Å². The van der Waals surface area contributed by atoms with E-state index in [1.54, 1.807) is 13.1 Å².